The molecule has 5 nitrogen and oxygen atoms in total. The molecule has 1 amide bonds. The Morgan fingerprint density at radius 3 is 2.29 bits per heavy atom. The van der Waals surface area contributed by atoms with Crippen molar-refractivity contribution in [1.82, 2.24) is 0 Å². The van der Waals surface area contributed by atoms with Crippen molar-refractivity contribution < 1.29 is 17.9 Å². The van der Waals surface area contributed by atoms with E-state index in [-0.39, 0.29) is 17.2 Å². The Kier molecular flexibility index (Phi) is 5.62. The molecule has 1 N–H and O–H groups in total. The smallest absolute Gasteiger partial charge is 0.262 e. The molecule has 2 aromatic carbocycles. The SMILES string of the molecule is CC(C)c1ccc(OCC(=O)Nc2ccccc2S(C)(=O)=O)cc1. The summed E-state index contributed by atoms with van der Waals surface area (Å²) in [5.74, 6) is 0.597. The second-order valence-electron chi connectivity index (χ2n) is 5.83. The molecule has 0 bridgehead atoms. The first-order valence-electron chi connectivity index (χ1n) is 7.59. The topological polar surface area (TPSA) is 72.5 Å². The van der Waals surface area contributed by atoms with Crippen LogP contribution in [0.3, 0.4) is 0 Å². The summed E-state index contributed by atoms with van der Waals surface area (Å²) in [5, 5.41) is 2.57. The molecule has 0 unspecified atom stereocenters. The van der Waals surface area contributed by atoms with Crippen LogP contribution in [0.2, 0.25) is 0 Å². The predicted molar refractivity (Wildman–Crippen MR) is 94.2 cm³/mol. The van der Waals surface area contributed by atoms with Gasteiger partial charge in [-0.1, -0.05) is 38.1 Å². The van der Waals surface area contributed by atoms with E-state index in [9.17, 15) is 13.2 Å². The third-order valence-corrected chi connectivity index (χ3v) is 4.63. The third-order valence-electron chi connectivity index (χ3n) is 3.48. The molecule has 0 aliphatic rings. The molecule has 0 aliphatic carbocycles. The Balaban J connectivity index is 1.99. The largest absolute Gasteiger partial charge is 0.484 e. The van der Waals surface area contributed by atoms with E-state index in [1.165, 1.54) is 11.6 Å². The van der Waals surface area contributed by atoms with E-state index >= 15 is 0 Å². The van der Waals surface area contributed by atoms with Crippen LogP contribution in [0.1, 0.15) is 25.3 Å². The first-order valence-corrected chi connectivity index (χ1v) is 9.48. The summed E-state index contributed by atoms with van der Waals surface area (Å²) in [6.45, 7) is 4.00. The van der Waals surface area contributed by atoms with Crippen LogP contribution in [-0.4, -0.2) is 27.2 Å². The number of hydrogen-bond acceptors (Lipinski definition) is 4. The van der Waals surface area contributed by atoms with E-state index in [0.717, 1.165) is 6.26 Å². The van der Waals surface area contributed by atoms with Gasteiger partial charge in [0.25, 0.3) is 5.91 Å². The molecule has 0 fully saturated rings. The number of amides is 1. The average molecular weight is 347 g/mol. The highest BCUT2D eigenvalue weighted by Gasteiger charge is 2.14. The Hall–Kier alpha value is -2.34. The van der Waals surface area contributed by atoms with E-state index in [2.05, 4.69) is 19.2 Å². The van der Waals surface area contributed by atoms with Crippen LogP contribution >= 0.6 is 0 Å². The van der Waals surface area contributed by atoms with Crippen molar-refractivity contribution in [3.63, 3.8) is 0 Å². The summed E-state index contributed by atoms with van der Waals surface area (Å²) >= 11 is 0. The van der Waals surface area contributed by atoms with Gasteiger partial charge in [0.2, 0.25) is 0 Å². The lowest BCUT2D eigenvalue weighted by Gasteiger charge is -2.11. The molecule has 0 radical (unpaired) electrons. The number of nitrogens with one attached hydrogen (secondary N) is 1. The standard InChI is InChI=1S/C18H21NO4S/c1-13(2)14-8-10-15(11-9-14)23-12-18(20)19-16-6-4-5-7-17(16)24(3,21)22/h4-11,13H,12H2,1-3H3,(H,19,20). The summed E-state index contributed by atoms with van der Waals surface area (Å²) in [5.41, 5.74) is 1.44. The van der Waals surface area contributed by atoms with Crippen molar-refractivity contribution in [2.45, 2.75) is 24.7 Å². The monoisotopic (exact) mass is 347 g/mol. The van der Waals surface area contributed by atoms with Gasteiger partial charge >= 0.3 is 0 Å². The van der Waals surface area contributed by atoms with E-state index < -0.39 is 15.7 Å². The van der Waals surface area contributed by atoms with E-state index in [1.807, 2.05) is 24.3 Å². The van der Waals surface area contributed by atoms with Crippen molar-refractivity contribution in [2.75, 3.05) is 18.2 Å². The summed E-state index contributed by atoms with van der Waals surface area (Å²) in [4.78, 5) is 12.1. The van der Waals surface area contributed by atoms with Crippen LogP contribution in [0.4, 0.5) is 5.69 Å². The van der Waals surface area contributed by atoms with Crippen molar-refractivity contribution in [1.29, 1.82) is 0 Å². The fourth-order valence-electron chi connectivity index (χ4n) is 2.18. The van der Waals surface area contributed by atoms with Gasteiger partial charge in [-0.3, -0.25) is 4.79 Å². The van der Waals surface area contributed by atoms with Crippen LogP contribution in [0.25, 0.3) is 0 Å². The lowest BCUT2D eigenvalue weighted by atomic mass is 10.0. The number of rotatable bonds is 6. The zero-order chi connectivity index (χ0) is 17.7. The maximum absolute atomic E-state index is 12.0. The lowest BCUT2D eigenvalue weighted by molar-refractivity contribution is -0.118. The van der Waals surface area contributed by atoms with Gasteiger partial charge in [-0.25, -0.2) is 8.42 Å². The molecular formula is C18H21NO4S. The van der Waals surface area contributed by atoms with Crippen molar-refractivity contribution in [3.8, 4) is 5.75 Å². The molecule has 0 heterocycles. The highest BCUT2D eigenvalue weighted by molar-refractivity contribution is 7.90. The summed E-state index contributed by atoms with van der Waals surface area (Å²) in [6.07, 6.45) is 1.10. The fraction of sp³-hybridized carbons (Fsp3) is 0.278. The zero-order valence-corrected chi connectivity index (χ0v) is 14.8. The number of hydrogen-bond donors (Lipinski definition) is 1. The number of anilines is 1. The second-order valence-corrected chi connectivity index (χ2v) is 7.81. The summed E-state index contributed by atoms with van der Waals surface area (Å²) < 4.78 is 28.9. The van der Waals surface area contributed by atoms with Gasteiger partial charge in [0, 0.05) is 6.26 Å². The summed E-state index contributed by atoms with van der Waals surface area (Å²) in [7, 11) is -3.41. The van der Waals surface area contributed by atoms with Gasteiger partial charge in [0.1, 0.15) is 5.75 Å². The highest BCUT2D eigenvalue weighted by atomic mass is 32.2. The van der Waals surface area contributed by atoms with E-state index in [4.69, 9.17) is 4.74 Å². The Morgan fingerprint density at radius 1 is 1.08 bits per heavy atom. The minimum Gasteiger partial charge on any atom is -0.484 e. The quantitative estimate of drug-likeness (QED) is 0.871. The maximum atomic E-state index is 12.0. The predicted octanol–water partition coefficient (Wildman–Crippen LogP) is 3.23. The number of para-hydroxylation sites is 1. The third kappa shape index (κ3) is 4.83. The fourth-order valence-corrected chi connectivity index (χ4v) is 3.02. The van der Waals surface area contributed by atoms with Gasteiger partial charge in [-0.15, -0.1) is 0 Å². The van der Waals surface area contributed by atoms with Crippen LogP contribution in [-0.2, 0) is 14.6 Å². The minimum absolute atomic E-state index is 0.0830. The summed E-state index contributed by atoms with van der Waals surface area (Å²) in [6, 6.07) is 13.8. The van der Waals surface area contributed by atoms with Crippen LogP contribution in [0, 0.1) is 0 Å². The molecule has 0 atom stereocenters. The van der Waals surface area contributed by atoms with Crippen LogP contribution < -0.4 is 10.1 Å². The normalized spacial score (nSPS) is 11.3. The number of carbonyl (C=O) groups is 1. The molecule has 128 valence electrons. The molecule has 0 saturated heterocycles. The molecule has 0 saturated carbocycles. The van der Waals surface area contributed by atoms with Gasteiger partial charge in [-0.05, 0) is 35.7 Å². The second kappa shape index (κ2) is 7.49. The molecule has 24 heavy (non-hydrogen) atoms. The van der Waals surface area contributed by atoms with Gasteiger partial charge in [0.15, 0.2) is 16.4 Å². The van der Waals surface area contributed by atoms with E-state index in [1.54, 1.807) is 18.2 Å². The average Bonchev–Trinajstić information content (AvgIpc) is 2.53. The molecule has 6 heteroatoms. The Bertz CT molecular complexity index is 811. The molecular weight excluding hydrogens is 326 g/mol. The molecule has 2 aromatic rings. The number of ether oxygens (including phenoxy) is 1. The Morgan fingerprint density at radius 2 is 1.71 bits per heavy atom. The van der Waals surface area contributed by atoms with Crippen molar-refractivity contribution >= 4 is 21.4 Å². The first kappa shape index (κ1) is 18.0. The Labute approximate surface area is 142 Å². The number of carbonyl (C=O) groups excluding carboxylic acids is 1. The first-order chi connectivity index (χ1) is 11.3. The van der Waals surface area contributed by atoms with Crippen molar-refractivity contribution in [2.24, 2.45) is 0 Å². The molecule has 0 aromatic heterocycles. The van der Waals surface area contributed by atoms with Crippen LogP contribution in [0.15, 0.2) is 53.4 Å². The van der Waals surface area contributed by atoms with E-state index in [0.29, 0.717) is 11.7 Å². The van der Waals surface area contributed by atoms with Crippen LogP contribution in [0.5, 0.6) is 5.75 Å². The zero-order valence-electron chi connectivity index (χ0n) is 13.9. The molecule has 0 aliphatic heterocycles. The van der Waals surface area contributed by atoms with Gasteiger partial charge in [-0.2, -0.15) is 0 Å². The van der Waals surface area contributed by atoms with Gasteiger partial charge in [0.05, 0.1) is 10.6 Å². The minimum atomic E-state index is -3.41. The maximum Gasteiger partial charge on any atom is 0.262 e. The lowest BCUT2D eigenvalue weighted by Crippen LogP contribution is -2.21. The number of sulfone groups is 1. The molecule has 0 spiro atoms. The van der Waals surface area contributed by atoms with Crippen molar-refractivity contribution in [3.05, 3.63) is 54.1 Å². The highest BCUT2D eigenvalue weighted by Crippen LogP contribution is 2.21. The van der Waals surface area contributed by atoms with Gasteiger partial charge < -0.3 is 10.1 Å². The molecule has 2 rings (SSSR count). The number of benzene rings is 2.